The minimum atomic E-state index is -3.55. The molecule has 1 atom stereocenters. The number of aliphatic imine (C=N–C) groups is 1. The molecule has 1 aromatic carbocycles. The summed E-state index contributed by atoms with van der Waals surface area (Å²) in [6, 6.07) is 6.30. The van der Waals surface area contributed by atoms with Gasteiger partial charge < -0.3 is 5.73 Å². The van der Waals surface area contributed by atoms with Crippen molar-refractivity contribution in [1.82, 2.24) is 4.72 Å². The quantitative estimate of drug-likeness (QED) is 0.823. The van der Waals surface area contributed by atoms with Gasteiger partial charge in [-0.15, -0.1) is 0 Å². The van der Waals surface area contributed by atoms with Crippen LogP contribution in [0.25, 0.3) is 0 Å². The van der Waals surface area contributed by atoms with Crippen LogP contribution in [0.1, 0.15) is 13.3 Å². The van der Waals surface area contributed by atoms with Crippen molar-refractivity contribution in [3.63, 3.8) is 0 Å². The topological polar surface area (TPSA) is 84.5 Å². The number of benzene rings is 1. The molecule has 98 valence electrons. The van der Waals surface area contributed by atoms with Crippen molar-refractivity contribution in [2.24, 2.45) is 4.99 Å². The summed E-state index contributed by atoms with van der Waals surface area (Å²) >= 11 is 1.43. The molecule has 1 aromatic rings. The largest absolute Gasteiger partial charge is 0.399 e. The minimum absolute atomic E-state index is 0.194. The molecule has 0 amide bonds. The summed E-state index contributed by atoms with van der Waals surface area (Å²) in [6.07, 6.45) is 0.917. The van der Waals surface area contributed by atoms with E-state index in [9.17, 15) is 8.42 Å². The van der Waals surface area contributed by atoms with E-state index in [1.165, 1.54) is 23.9 Å². The predicted molar refractivity (Wildman–Crippen MR) is 75.1 cm³/mol. The number of nitrogens with zero attached hydrogens (tertiary/aromatic N) is 1. The molecule has 1 aliphatic rings. The van der Waals surface area contributed by atoms with Crippen molar-refractivity contribution in [3.05, 3.63) is 24.3 Å². The molecule has 0 saturated carbocycles. The summed E-state index contributed by atoms with van der Waals surface area (Å²) in [4.78, 5) is 4.49. The molecule has 0 bridgehead atoms. The van der Waals surface area contributed by atoms with Crippen LogP contribution in [0.2, 0.25) is 0 Å². The van der Waals surface area contributed by atoms with E-state index in [-0.39, 0.29) is 10.9 Å². The van der Waals surface area contributed by atoms with Crippen LogP contribution in [0.4, 0.5) is 5.69 Å². The molecule has 0 saturated heterocycles. The number of thioether (sulfide) groups is 1. The zero-order valence-electron chi connectivity index (χ0n) is 9.96. The molecule has 0 radical (unpaired) electrons. The fraction of sp³-hybridized carbons (Fsp3) is 0.364. The van der Waals surface area contributed by atoms with Crippen molar-refractivity contribution in [2.75, 3.05) is 11.5 Å². The highest BCUT2D eigenvalue weighted by Crippen LogP contribution is 2.20. The molecule has 7 heteroatoms. The van der Waals surface area contributed by atoms with Gasteiger partial charge in [0.2, 0.25) is 0 Å². The van der Waals surface area contributed by atoms with E-state index in [2.05, 4.69) is 9.71 Å². The molecule has 0 aliphatic carbocycles. The van der Waals surface area contributed by atoms with Crippen LogP contribution in [0, 0.1) is 0 Å². The van der Waals surface area contributed by atoms with E-state index in [1.807, 2.05) is 6.92 Å². The lowest BCUT2D eigenvalue weighted by molar-refractivity contribution is 0.592. The third-order valence-electron chi connectivity index (χ3n) is 2.60. The van der Waals surface area contributed by atoms with E-state index in [0.717, 1.165) is 12.2 Å². The van der Waals surface area contributed by atoms with Crippen LogP contribution < -0.4 is 10.5 Å². The van der Waals surface area contributed by atoms with Gasteiger partial charge in [-0.25, -0.2) is 8.42 Å². The lowest BCUT2D eigenvalue weighted by Crippen LogP contribution is -2.27. The minimum Gasteiger partial charge on any atom is -0.399 e. The maximum absolute atomic E-state index is 12.0. The van der Waals surface area contributed by atoms with Crippen LogP contribution in [-0.4, -0.2) is 25.4 Å². The molecule has 0 aromatic heterocycles. The number of amidine groups is 1. The second-order valence-electron chi connectivity index (χ2n) is 3.98. The first-order chi connectivity index (χ1) is 8.51. The van der Waals surface area contributed by atoms with Gasteiger partial charge in [0.25, 0.3) is 10.0 Å². The van der Waals surface area contributed by atoms with E-state index in [0.29, 0.717) is 10.9 Å². The summed E-state index contributed by atoms with van der Waals surface area (Å²) in [5.74, 6) is 0.829. The summed E-state index contributed by atoms with van der Waals surface area (Å²) in [7, 11) is -3.55. The first kappa shape index (κ1) is 13.2. The molecule has 18 heavy (non-hydrogen) atoms. The second kappa shape index (κ2) is 5.19. The van der Waals surface area contributed by atoms with Crippen LogP contribution in [0.15, 0.2) is 34.2 Å². The summed E-state index contributed by atoms with van der Waals surface area (Å²) in [5, 5.41) is 0.471. The monoisotopic (exact) mass is 285 g/mol. The highest BCUT2D eigenvalue weighted by Gasteiger charge is 2.22. The van der Waals surface area contributed by atoms with E-state index in [4.69, 9.17) is 5.73 Å². The number of hydrogen-bond donors (Lipinski definition) is 2. The van der Waals surface area contributed by atoms with Crippen molar-refractivity contribution >= 4 is 32.6 Å². The molecule has 1 heterocycles. The Morgan fingerprint density at radius 3 is 2.67 bits per heavy atom. The van der Waals surface area contributed by atoms with Gasteiger partial charge in [0.1, 0.15) is 0 Å². The number of anilines is 1. The normalized spacial score (nSPS) is 19.6. The van der Waals surface area contributed by atoms with Gasteiger partial charge >= 0.3 is 0 Å². The van der Waals surface area contributed by atoms with E-state index >= 15 is 0 Å². The third kappa shape index (κ3) is 2.97. The molecule has 2 rings (SSSR count). The number of rotatable bonds is 3. The third-order valence-corrected chi connectivity index (χ3v) is 5.11. The first-order valence-corrected chi connectivity index (χ1v) is 8.07. The van der Waals surface area contributed by atoms with Crippen LogP contribution >= 0.6 is 11.8 Å². The average molecular weight is 285 g/mol. The van der Waals surface area contributed by atoms with Gasteiger partial charge in [0.15, 0.2) is 5.17 Å². The van der Waals surface area contributed by atoms with Gasteiger partial charge in [0, 0.05) is 11.4 Å². The van der Waals surface area contributed by atoms with E-state index in [1.54, 1.807) is 12.1 Å². The molecule has 5 nitrogen and oxygen atoms in total. The summed E-state index contributed by atoms with van der Waals surface area (Å²) < 4.78 is 26.6. The van der Waals surface area contributed by atoms with Crippen molar-refractivity contribution < 1.29 is 8.42 Å². The molecule has 1 aliphatic heterocycles. The molecule has 0 spiro atoms. The Kier molecular flexibility index (Phi) is 3.82. The van der Waals surface area contributed by atoms with Gasteiger partial charge in [0.05, 0.1) is 10.9 Å². The standard InChI is InChI=1S/C11H15N3O2S2/c1-2-9-7-17-11(13-9)14-18(15,16)10-5-3-8(12)4-6-10/h3-6,9H,2,7,12H2,1H3,(H,13,14)/t9-/m0/s1. The fourth-order valence-corrected chi connectivity index (χ4v) is 3.85. The SMILES string of the molecule is CC[C@H]1CSC(NS(=O)(=O)c2ccc(N)cc2)=N1. The number of nitrogens with one attached hydrogen (secondary N) is 1. The fourth-order valence-electron chi connectivity index (χ4n) is 1.50. The number of nitrogen functional groups attached to an aromatic ring is 1. The number of sulfonamides is 1. The Bertz CT molecular complexity index is 552. The Balaban J connectivity index is 2.15. The summed E-state index contributed by atoms with van der Waals surface area (Å²) in [5.41, 5.74) is 6.06. The van der Waals surface area contributed by atoms with Crippen molar-refractivity contribution in [1.29, 1.82) is 0 Å². The smallest absolute Gasteiger partial charge is 0.263 e. The van der Waals surface area contributed by atoms with Crippen molar-refractivity contribution in [2.45, 2.75) is 24.3 Å². The Morgan fingerprint density at radius 2 is 2.11 bits per heavy atom. The number of nitrogens with two attached hydrogens (primary N) is 1. The summed E-state index contributed by atoms with van der Waals surface area (Å²) in [6.45, 7) is 2.03. The van der Waals surface area contributed by atoms with Crippen LogP contribution in [0.3, 0.4) is 0 Å². The second-order valence-corrected chi connectivity index (χ2v) is 6.67. The Morgan fingerprint density at radius 1 is 1.44 bits per heavy atom. The van der Waals surface area contributed by atoms with Crippen molar-refractivity contribution in [3.8, 4) is 0 Å². The zero-order valence-corrected chi connectivity index (χ0v) is 11.6. The van der Waals surface area contributed by atoms with Gasteiger partial charge in [-0.05, 0) is 30.7 Å². The molecule has 0 unspecified atom stereocenters. The lowest BCUT2D eigenvalue weighted by atomic mass is 10.3. The van der Waals surface area contributed by atoms with E-state index < -0.39 is 10.0 Å². The van der Waals surface area contributed by atoms with Gasteiger partial charge in [-0.3, -0.25) is 9.71 Å². The van der Waals surface area contributed by atoms with Crippen LogP contribution in [0.5, 0.6) is 0 Å². The maximum atomic E-state index is 12.0. The van der Waals surface area contributed by atoms with Crippen LogP contribution in [-0.2, 0) is 10.0 Å². The Labute approximate surface area is 111 Å². The first-order valence-electron chi connectivity index (χ1n) is 5.60. The average Bonchev–Trinajstić information content (AvgIpc) is 2.76. The number of hydrogen-bond acceptors (Lipinski definition) is 5. The molecule has 3 N–H and O–H groups in total. The highest BCUT2D eigenvalue weighted by molar-refractivity contribution is 8.15. The maximum Gasteiger partial charge on any atom is 0.263 e. The molecular weight excluding hydrogens is 270 g/mol. The molecular formula is C11H15N3O2S2. The predicted octanol–water partition coefficient (Wildman–Crippen LogP) is 1.43. The van der Waals surface area contributed by atoms with Gasteiger partial charge in [-0.2, -0.15) is 0 Å². The zero-order chi connectivity index (χ0) is 13.2. The lowest BCUT2D eigenvalue weighted by Gasteiger charge is -2.06. The molecule has 0 fully saturated rings. The highest BCUT2D eigenvalue weighted by atomic mass is 32.2. The van der Waals surface area contributed by atoms with Gasteiger partial charge in [-0.1, -0.05) is 18.7 Å². The Hall–Kier alpha value is -1.21.